The minimum atomic E-state index is -0.782. The molecule has 2 atom stereocenters. The highest BCUT2D eigenvalue weighted by atomic mass is 16.6. The minimum absolute atomic E-state index is 0.0290. The molecule has 0 spiro atoms. The monoisotopic (exact) mass is 328 g/mol. The van der Waals surface area contributed by atoms with Crippen LogP contribution in [0.25, 0.3) is 6.08 Å². The quantitative estimate of drug-likeness (QED) is 0.393. The number of rotatable bonds is 4. The molecule has 1 aromatic carbocycles. The first kappa shape index (κ1) is 17.5. The number of nitrogens with zero attached hydrogens (tertiary/aromatic N) is 2. The van der Waals surface area contributed by atoms with E-state index in [0.717, 1.165) is 37.8 Å². The fraction of sp³-hybridized carbons (Fsp3) is 0.412. The van der Waals surface area contributed by atoms with Gasteiger partial charge in [-0.15, -0.1) is 0 Å². The molecule has 24 heavy (non-hydrogen) atoms. The molecule has 7 heteroatoms. The summed E-state index contributed by atoms with van der Waals surface area (Å²) < 4.78 is 0. The van der Waals surface area contributed by atoms with Crippen molar-refractivity contribution < 1.29 is 14.8 Å². The average Bonchev–Trinajstić information content (AvgIpc) is 2.55. The number of nitrogens with one attached hydrogen (secondary N) is 1. The summed E-state index contributed by atoms with van der Waals surface area (Å²) >= 11 is 0. The molecule has 1 aromatic rings. The summed E-state index contributed by atoms with van der Waals surface area (Å²) in [5.41, 5.74) is -0.451. The van der Waals surface area contributed by atoms with Crippen molar-refractivity contribution in [3.8, 4) is 11.8 Å². The molecule has 0 heterocycles. The molecule has 0 radical (unpaired) electrons. The van der Waals surface area contributed by atoms with Gasteiger partial charge in [-0.05, 0) is 36.1 Å². The maximum absolute atomic E-state index is 12.3. The van der Waals surface area contributed by atoms with Crippen LogP contribution in [0, 0.1) is 27.4 Å². The topological polar surface area (TPSA) is 119 Å². The largest absolute Gasteiger partial charge is 0.868 e. The van der Waals surface area contributed by atoms with E-state index in [9.17, 15) is 25.3 Å². The molecule has 1 aliphatic rings. The van der Waals surface area contributed by atoms with Crippen LogP contribution in [0.3, 0.4) is 0 Å². The van der Waals surface area contributed by atoms with Crippen LogP contribution in [0.2, 0.25) is 0 Å². The van der Waals surface area contributed by atoms with Crippen molar-refractivity contribution in [3.05, 3.63) is 39.4 Å². The fourth-order valence-corrected chi connectivity index (χ4v) is 2.86. The van der Waals surface area contributed by atoms with Gasteiger partial charge in [-0.3, -0.25) is 14.9 Å². The third-order valence-electron chi connectivity index (χ3n) is 4.28. The van der Waals surface area contributed by atoms with Crippen molar-refractivity contribution >= 4 is 17.7 Å². The highest BCUT2D eigenvalue weighted by Crippen LogP contribution is 2.26. The van der Waals surface area contributed by atoms with Crippen LogP contribution in [0.5, 0.6) is 5.75 Å². The molecule has 1 saturated carbocycles. The predicted molar refractivity (Wildman–Crippen MR) is 85.7 cm³/mol. The Morgan fingerprint density at radius 3 is 2.75 bits per heavy atom. The summed E-state index contributed by atoms with van der Waals surface area (Å²) in [7, 11) is 0. The van der Waals surface area contributed by atoms with Gasteiger partial charge in [0, 0.05) is 12.1 Å². The van der Waals surface area contributed by atoms with E-state index in [2.05, 4.69) is 12.2 Å². The van der Waals surface area contributed by atoms with Gasteiger partial charge in [0.05, 0.1) is 4.92 Å². The molecule has 0 bridgehead atoms. The molecule has 0 aromatic heterocycles. The molecular weight excluding hydrogens is 310 g/mol. The summed E-state index contributed by atoms with van der Waals surface area (Å²) in [6, 6.07) is 5.32. The van der Waals surface area contributed by atoms with Gasteiger partial charge in [0.1, 0.15) is 11.6 Å². The van der Waals surface area contributed by atoms with Gasteiger partial charge in [0.15, 0.2) is 0 Å². The van der Waals surface area contributed by atoms with Crippen LogP contribution in [-0.2, 0) is 4.79 Å². The lowest BCUT2D eigenvalue weighted by Gasteiger charge is -2.29. The fourth-order valence-electron chi connectivity index (χ4n) is 2.86. The van der Waals surface area contributed by atoms with Gasteiger partial charge in [-0.1, -0.05) is 31.9 Å². The van der Waals surface area contributed by atoms with Crippen LogP contribution < -0.4 is 10.4 Å². The van der Waals surface area contributed by atoms with Crippen LogP contribution in [0.4, 0.5) is 5.69 Å². The second kappa shape index (κ2) is 7.59. The number of nitro groups is 1. The van der Waals surface area contributed by atoms with Crippen LogP contribution >= 0.6 is 0 Å². The molecule has 1 fully saturated rings. The maximum Gasteiger partial charge on any atom is 0.262 e. The lowest BCUT2D eigenvalue weighted by Crippen LogP contribution is -2.41. The molecule has 1 amide bonds. The van der Waals surface area contributed by atoms with Crippen molar-refractivity contribution in [2.24, 2.45) is 5.92 Å². The number of amides is 1. The Balaban J connectivity index is 2.19. The zero-order valence-corrected chi connectivity index (χ0v) is 13.3. The third kappa shape index (κ3) is 4.10. The summed E-state index contributed by atoms with van der Waals surface area (Å²) in [5.74, 6) is -0.857. The van der Waals surface area contributed by atoms with E-state index in [1.54, 1.807) is 0 Å². The second-order valence-electron chi connectivity index (χ2n) is 6.00. The van der Waals surface area contributed by atoms with Gasteiger partial charge in [0.25, 0.3) is 11.6 Å². The predicted octanol–water partition coefficient (Wildman–Crippen LogP) is 2.27. The number of nitro benzene ring substituents is 1. The van der Waals surface area contributed by atoms with E-state index in [0.29, 0.717) is 5.92 Å². The van der Waals surface area contributed by atoms with Crippen LogP contribution in [0.15, 0.2) is 23.8 Å². The molecule has 7 nitrogen and oxygen atoms in total. The Bertz CT molecular complexity index is 721. The molecule has 0 aliphatic heterocycles. The first-order valence-electron chi connectivity index (χ1n) is 7.80. The minimum Gasteiger partial charge on any atom is -0.868 e. The van der Waals surface area contributed by atoms with E-state index in [4.69, 9.17) is 0 Å². The molecular formula is C17H18N3O4-. The normalized spacial score (nSPS) is 20.9. The highest BCUT2D eigenvalue weighted by Gasteiger charge is 2.24. The van der Waals surface area contributed by atoms with Crippen LogP contribution in [-0.4, -0.2) is 16.9 Å². The second-order valence-corrected chi connectivity index (χ2v) is 6.00. The van der Waals surface area contributed by atoms with E-state index in [1.165, 1.54) is 12.1 Å². The number of carbonyl (C=O) groups excluding carboxylic acids is 1. The lowest BCUT2D eigenvalue weighted by molar-refractivity contribution is -0.398. The first-order chi connectivity index (χ1) is 11.4. The van der Waals surface area contributed by atoms with Crippen LogP contribution in [0.1, 0.15) is 38.2 Å². The van der Waals surface area contributed by atoms with E-state index >= 15 is 0 Å². The molecule has 1 N–H and O–H groups in total. The number of hydrogen-bond acceptors (Lipinski definition) is 5. The molecule has 0 unspecified atom stereocenters. The summed E-state index contributed by atoms with van der Waals surface area (Å²) in [6.07, 6.45) is 5.35. The van der Waals surface area contributed by atoms with Crippen molar-refractivity contribution in [3.63, 3.8) is 0 Å². The Kier molecular flexibility index (Phi) is 5.53. The Morgan fingerprint density at radius 1 is 1.42 bits per heavy atom. The van der Waals surface area contributed by atoms with Crippen molar-refractivity contribution in [1.29, 1.82) is 5.26 Å². The molecule has 126 valence electrons. The third-order valence-corrected chi connectivity index (χ3v) is 4.28. The number of carbonyl (C=O) groups is 1. The van der Waals surface area contributed by atoms with Crippen molar-refractivity contribution in [1.82, 2.24) is 5.32 Å². The van der Waals surface area contributed by atoms with Gasteiger partial charge < -0.3 is 10.4 Å². The van der Waals surface area contributed by atoms with E-state index in [-0.39, 0.29) is 17.2 Å². The Morgan fingerprint density at radius 2 is 2.12 bits per heavy atom. The van der Waals surface area contributed by atoms with E-state index in [1.807, 2.05) is 6.07 Å². The zero-order valence-electron chi connectivity index (χ0n) is 13.3. The van der Waals surface area contributed by atoms with Crippen molar-refractivity contribution in [2.45, 2.75) is 38.6 Å². The Hall–Kier alpha value is -2.88. The zero-order chi connectivity index (χ0) is 17.7. The standard InChI is InChI=1S/C17H19N3O4/c1-11-4-2-3-5-14(11)19-17(22)13(10-18)8-12-6-7-16(21)15(9-12)20(23)24/h6-9,11,14,21H,2-5H2,1H3,(H,19,22)/p-1/b13-8+/t11-,14-/m0/s1. The number of nitriles is 1. The summed E-state index contributed by atoms with van der Waals surface area (Å²) in [5, 5.41) is 34.3. The maximum atomic E-state index is 12.3. The van der Waals surface area contributed by atoms with E-state index < -0.39 is 22.3 Å². The molecule has 1 aliphatic carbocycles. The summed E-state index contributed by atoms with van der Waals surface area (Å²) in [4.78, 5) is 22.3. The lowest BCUT2D eigenvalue weighted by atomic mass is 9.86. The Labute approximate surface area is 139 Å². The molecule has 2 rings (SSSR count). The molecule has 0 saturated heterocycles. The van der Waals surface area contributed by atoms with Gasteiger partial charge >= 0.3 is 0 Å². The van der Waals surface area contributed by atoms with Crippen molar-refractivity contribution in [2.75, 3.05) is 0 Å². The SMILES string of the molecule is C[C@H]1CCCC[C@@H]1NC(=O)/C(C#N)=C/c1ccc([O-])c([N+](=O)[O-])c1. The number of hydrogen-bond donors (Lipinski definition) is 1. The smallest absolute Gasteiger partial charge is 0.262 e. The average molecular weight is 328 g/mol. The first-order valence-corrected chi connectivity index (χ1v) is 7.80. The van der Waals surface area contributed by atoms with Gasteiger partial charge in [0.2, 0.25) is 0 Å². The summed E-state index contributed by atoms with van der Waals surface area (Å²) in [6.45, 7) is 2.07. The van der Waals surface area contributed by atoms with Gasteiger partial charge in [-0.25, -0.2) is 0 Å². The number of benzene rings is 1. The highest BCUT2D eigenvalue weighted by molar-refractivity contribution is 6.01. The van der Waals surface area contributed by atoms with Gasteiger partial charge in [-0.2, -0.15) is 5.26 Å².